The van der Waals surface area contributed by atoms with Gasteiger partial charge in [0.2, 0.25) is 5.78 Å². The van der Waals surface area contributed by atoms with E-state index in [1.54, 1.807) is 14.1 Å². The summed E-state index contributed by atoms with van der Waals surface area (Å²) >= 11 is 0. The number of rotatable bonds is 7. The van der Waals surface area contributed by atoms with E-state index in [9.17, 15) is 39.9 Å². The quantitative estimate of drug-likeness (QED) is 0.245. The van der Waals surface area contributed by atoms with Crippen LogP contribution in [0.15, 0.2) is 28.7 Å². The van der Waals surface area contributed by atoms with Gasteiger partial charge in [-0.2, -0.15) is 0 Å². The number of phenols is 1. The Morgan fingerprint density at radius 3 is 2.21 bits per heavy atom. The molecule has 1 aromatic carbocycles. The van der Waals surface area contributed by atoms with Gasteiger partial charge in [0.1, 0.15) is 22.8 Å². The van der Waals surface area contributed by atoms with Crippen LogP contribution in [0.3, 0.4) is 0 Å². The van der Waals surface area contributed by atoms with Gasteiger partial charge < -0.3 is 36.2 Å². The summed E-state index contributed by atoms with van der Waals surface area (Å²) < 4.78 is 0. The molecule has 0 heterocycles. The van der Waals surface area contributed by atoms with Gasteiger partial charge in [-0.1, -0.05) is 20.8 Å². The molecule has 3 aliphatic rings. The number of ketones is 2. The molecule has 0 bridgehead atoms. The van der Waals surface area contributed by atoms with E-state index < -0.39 is 58.0 Å². The monoisotopic (exact) mass is 600 g/mol. The van der Waals surface area contributed by atoms with Gasteiger partial charge in [-0.05, 0) is 62.5 Å². The highest BCUT2D eigenvalue weighted by Crippen LogP contribution is 2.53. The minimum atomic E-state index is -2.68. The Labute approximate surface area is 251 Å². The van der Waals surface area contributed by atoms with Gasteiger partial charge in [0.15, 0.2) is 11.4 Å². The summed E-state index contributed by atoms with van der Waals surface area (Å²) in [6.45, 7) is 6.37. The number of Topliss-reactive ketones (excluding diaryl/α,β-unsaturated/α-hetero) is 2. The van der Waals surface area contributed by atoms with Gasteiger partial charge in [0, 0.05) is 43.9 Å². The van der Waals surface area contributed by atoms with Crippen LogP contribution in [-0.2, 0) is 22.6 Å². The number of benzene rings is 1. The van der Waals surface area contributed by atoms with E-state index in [1.807, 2.05) is 51.7 Å². The Bertz CT molecular complexity index is 1440. The van der Waals surface area contributed by atoms with E-state index >= 15 is 0 Å². The number of likely N-dealkylation sites (N-methyl/N-ethyl adjacent to an activating group) is 2. The minimum absolute atomic E-state index is 0.0140. The first-order valence-electron chi connectivity index (χ1n) is 14.3. The Kier molecular flexibility index (Phi) is 8.24. The number of hydrogen-bond donors (Lipinski definition) is 6. The van der Waals surface area contributed by atoms with E-state index in [1.165, 1.54) is 11.0 Å². The standard InChI is InChI=1S/C31H44N4O8/c1-30(2,3)19(13-36)35(8)12-15-11-18(37)21-16(23(15)33(4)5)9-14-10-17-24(34(6)7)26(39)22(29(32)42)28(41)31(17,43)27(40)20(14)25(21)38/h11,14,17,19,24,36-37,39-40,43H,9-10,12-13H2,1-8H3,(H2,32,42)/t14-,17-,19+,24-,31-/m0/s1. The predicted octanol–water partition coefficient (Wildman–Crippen LogP) is 1.03. The van der Waals surface area contributed by atoms with Crippen LogP contribution in [0.4, 0.5) is 5.69 Å². The van der Waals surface area contributed by atoms with Crippen molar-refractivity contribution in [2.24, 2.45) is 23.0 Å². The molecule has 5 atom stereocenters. The molecule has 0 saturated carbocycles. The first-order chi connectivity index (χ1) is 19.8. The first kappa shape index (κ1) is 32.5. The van der Waals surface area contributed by atoms with Crippen LogP contribution in [-0.4, -0.2) is 112 Å². The van der Waals surface area contributed by atoms with Crippen molar-refractivity contribution in [1.29, 1.82) is 0 Å². The molecule has 0 fully saturated rings. The maximum atomic E-state index is 14.1. The molecule has 12 nitrogen and oxygen atoms in total. The van der Waals surface area contributed by atoms with Crippen molar-refractivity contribution in [3.63, 3.8) is 0 Å². The molecule has 3 aliphatic carbocycles. The van der Waals surface area contributed by atoms with E-state index in [0.29, 0.717) is 17.8 Å². The summed E-state index contributed by atoms with van der Waals surface area (Å²) in [4.78, 5) is 45.1. The van der Waals surface area contributed by atoms with Gasteiger partial charge in [-0.3, -0.25) is 24.2 Å². The number of carbonyl (C=O) groups excluding carboxylic acids is 3. The molecule has 0 spiro atoms. The summed E-state index contributed by atoms with van der Waals surface area (Å²) in [6, 6.07) is 0.250. The maximum Gasteiger partial charge on any atom is 0.255 e. The highest BCUT2D eigenvalue weighted by atomic mass is 16.3. The van der Waals surface area contributed by atoms with Crippen LogP contribution < -0.4 is 10.6 Å². The number of aliphatic hydroxyl groups excluding tert-OH is 3. The van der Waals surface area contributed by atoms with Crippen LogP contribution in [0.1, 0.15) is 48.7 Å². The number of hydrogen-bond acceptors (Lipinski definition) is 11. The van der Waals surface area contributed by atoms with E-state index in [4.69, 9.17) is 5.73 Å². The molecular weight excluding hydrogens is 556 g/mol. The molecule has 7 N–H and O–H groups in total. The molecule has 0 unspecified atom stereocenters. The number of carbonyl (C=O) groups is 3. The van der Waals surface area contributed by atoms with E-state index in [0.717, 1.165) is 5.56 Å². The lowest BCUT2D eigenvalue weighted by molar-refractivity contribution is -0.148. The largest absolute Gasteiger partial charge is 0.510 e. The first-order valence-corrected chi connectivity index (χ1v) is 14.3. The van der Waals surface area contributed by atoms with E-state index in [-0.39, 0.29) is 47.8 Å². The number of aromatic hydroxyl groups is 1. The number of amides is 1. The number of nitrogens with zero attached hydrogens (tertiary/aromatic N) is 3. The summed E-state index contributed by atoms with van der Waals surface area (Å²) in [5.74, 6) is -6.83. The smallest absolute Gasteiger partial charge is 0.255 e. The fraction of sp³-hybridized carbons (Fsp3) is 0.581. The lowest BCUT2D eigenvalue weighted by Crippen LogP contribution is -2.63. The molecule has 1 amide bonds. The fourth-order valence-electron chi connectivity index (χ4n) is 7.51. The Hall–Kier alpha value is -3.45. The van der Waals surface area contributed by atoms with Gasteiger partial charge in [0.05, 0.1) is 18.2 Å². The molecule has 1 aromatic rings. The van der Waals surface area contributed by atoms with Crippen LogP contribution in [0, 0.1) is 17.3 Å². The average molecular weight is 601 g/mol. The number of aliphatic hydroxyl groups is 4. The van der Waals surface area contributed by atoms with Crippen molar-refractivity contribution < 1.29 is 39.9 Å². The lowest BCUT2D eigenvalue weighted by Gasteiger charge is -2.50. The number of nitrogens with two attached hydrogens (primary N) is 1. The lowest BCUT2D eigenvalue weighted by atomic mass is 9.58. The molecule has 43 heavy (non-hydrogen) atoms. The summed E-state index contributed by atoms with van der Waals surface area (Å²) in [5, 5.41) is 55.6. The van der Waals surface area contributed by atoms with Crippen LogP contribution in [0.2, 0.25) is 0 Å². The predicted molar refractivity (Wildman–Crippen MR) is 160 cm³/mol. The van der Waals surface area contributed by atoms with Gasteiger partial charge in [-0.15, -0.1) is 0 Å². The maximum absolute atomic E-state index is 14.1. The number of anilines is 1. The second-order valence-electron chi connectivity index (χ2n) is 13.6. The number of phenolic OH excluding ortho intramolecular Hbond substituents is 1. The van der Waals surface area contributed by atoms with Crippen LogP contribution in [0.25, 0.3) is 0 Å². The summed E-state index contributed by atoms with van der Waals surface area (Å²) in [5.41, 5.74) is 3.41. The molecular formula is C31H44N4O8. The third-order valence-electron chi connectivity index (χ3n) is 9.35. The Balaban J connectivity index is 1.90. The number of allylic oxidation sites excluding steroid dienone is 1. The molecule has 0 saturated heterocycles. The average Bonchev–Trinajstić information content (AvgIpc) is 2.84. The minimum Gasteiger partial charge on any atom is -0.510 e. The third kappa shape index (κ3) is 4.90. The van der Waals surface area contributed by atoms with Crippen LogP contribution >= 0.6 is 0 Å². The second kappa shape index (κ2) is 10.9. The molecule has 236 valence electrons. The zero-order chi connectivity index (χ0) is 32.5. The zero-order valence-electron chi connectivity index (χ0n) is 26.1. The molecule has 0 aromatic heterocycles. The van der Waals surface area contributed by atoms with Crippen molar-refractivity contribution in [2.75, 3.05) is 46.7 Å². The molecule has 4 rings (SSSR count). The zero-order valence-corrected chi connectivity index (χ0v) is 26.1. The SMILES string of the molecule is CN(C)c1c(CN(C)[C@H](CO)C(C)(C)C)cc(O)c2c1C[C@H]1C[C@H]3[C@H](N(C)C)C(O)=C(C(N)=O)C(=O)[C@@]3(O)C(O)=C1C2=O. The highest BCUT2D eigenvalue weighted by Gasteiger charge is 2.63. The Morgan fingerprint density at radius 1 is 1.12 bits per heavy atom. The topological polar surface area (TPSA) is 188 Å². The molecule has 0 radical (unpaired) electrons. The van der Waals surface area contributed by atoms with Crippen molar-refractivity contribution in [3.8, 4) is 5.75 Å². The van der Waals surface area contributed by atoms with Crippen LogP contribution in [0.5, 0.6) is 5.75 Å². The van der Waals surface area contributed by atoms with Gasteiger partial charge >= 0.3 is 0 Å². The normalized spacial score (nSPS) is 26.5. The van der Waals surface area contributed by atoms with Crippen molar-refractivity contribution in [2.45, 2.75) is 57.8 Å². The fourth-order valence-corrected chi connectivity index (χ4v) is 7.51. The van der Waals surface area contributed by atoms with Crippen molar-refractivity contribution >= 4 is 23.2 Å². The summed E-state index contributed by atoms with van der Waals surface area (Å²) in [7, 11) is 8.72. The number of fused-ring (bicyclic) bond motifs is 3. The van der Waals surface area contributed by atoms with Gasteiger partial charge in [-0.25, -0.2) is 0 Å². The van der Waals surface area contributed by atoms with Crippen molar-refractivity contribution in [3.05, 3.63) is 45.4 Å². The molecule has 0 aliphatic heterocycles. The molecule has 12 heteroatoms. The summed E-state index contributed by atoms with van der Waals surface area (Å²) in [6.07, 6.45) is 0.204. The van der Waals surface area contributed by atoms with Gasteiger partial charge in [0.25, 0.3) is 5.91 Å². The van der Waals surface area contributed by atoms with Crippen molar-refractivity contribution in [1.82, 2.24) is 9.80 Å². The second-order valence-corrected chi connectivity index (χ2v) is 13.6. The third-order valence-corrected chi connectivity index (χ3v) is 9.35. The number of primary amides is 1. The van der Waals surface area contributed by atoms with E-state index in [2.05, 4.69) is 0 Å². The Morgan fingerprint density at radius 2 is 1.72 bits per heavy atom. The highest BCUT2D eigenvalue weighted by molar-refractivity contribution is 6.24.